The molecule has 0 atom stereocenters. The Bertz CT molecular complexity index is 982. The van der Waals surface area contributed by atoms with E-state index in [9.17, 15) is 3.74 Å². The zero-order valence-corrected chi connectivity index (χ0v) is 20.0. The van der Waals surface area contributed by atoms with Gasteiger partial charge in [0.15, 0.2) is 0 Å². The van der Waals surface area contributed by atoms with Crippen molar-refractivity contribution < 1.29 is 3.74 Å². The van der Waals surface area contributed by atoms with Gasteiger partial charge in [-0.1, -0.05) is 0 Å². The van der Waals surface area contributed by atoms with Gasteiger partial charge in [0, 0.05) is 0 Å². The average Bonchev–Trinajstić information content (AvgIpc) is 2.81. The van der Waals surface area contributed by atoms with Crippen LogP contribution in [0.25, 0.3) is 0 Å². The Morgan fingerprint density at radius 3 is 1.24 bits per heavy atom. The van der Waals surface area contributed by atoms with E-state index in [2.05, 4.69) is 84.9 Å². The van der Waals surface area contributed by atoms with Gasteiger partial charge in [0.05, 0.1) is 0 Å². The predicted octanol–water partition coefficient (Wildman–Crippen LogP) is 3.49. The molecule has 4 aromatic rings. The standard InChI is InChI=1S/C26H24As2O/c29-28(25-17-9-3-10-18-25,26-19-11-4-12-20-26)22-21-27(23-13-5-1-6-14-23)24-15-7-2-8-16-24/h1-20H,21-22H2. The van der Waals surface area contributed by atoms with Crippen molar-refractivity contribution in [2.75, 3.05) is 0 Å². The van der Waals surface area contributed by atoms with Crippen LogP contribution in [0.1, 0.15) is 0 Å². The summed E-state index contributed by atoms with van der Waals surface area (Å²) in [6.45, 7) is 0. The molecule has 144 valence electrons. The van der Waals surface area contributed by atoms with E-state index < -0.39 is 28.1 Å². The van der Waals surface area contributed by atoms with Gasteiger partial charge in [-0.15, -0.1) is 0 Å². The molecule has 3 heteroatoms. The first-order chi connectivity index (χ1) is 14.3. The summed E-state index contributed by atoms with van der Waals surface area (Å²) in [6, 6.07) is 41.9. The molecule has 0 saturated carbocycles. The Kier molecular flexibility index (Phi) is 6.60. The van der Waals surface area contributed by atoms with Gasteiger partial charge in [-0.25, -0.2) is 0 Å². The molecule has 0 amide bonds. The van der Waals surface area contributed by atoms with Crippen LogP contribution in [0.4, 0.5) is 0 Å². The Morgan fingerprint density at radius 2 is 0.862 bits per heavy atom. The summed E-state index contributed by atoms with van der Waals surface area (Å²) in [4.78, 5) is 0. The molecule has 0 aromatic heterocycles. The molecule has 0 heterocycles. The Morgan fingerprint density at radius 1 is 0.517 bits per heavy atom. The minimum absolute atomic E-state index is 0.760. The molecular weight excluding hydrogens is 478 g/mol. The minimum atomic E-state index is -3.47. The third-order valence-corrected chi connectivity index (χ3v) is 18.6. The molecule has 0 spiro atoms. The van der Waals surface area contributed by atoms with E-state index in [1.54, 1.807) is 0 Å². The molecule has 0 aliphatic rings. The molecule has 0 saturated heterocycles. The maximum absolute atomic E-state index is 14.5. The normalized spacial score (nSPS) is 11.5. The Labute approximate surface area is 180 Å². The Hall–Kier alpha value is -2.20. The van der Waals surface area contributed by atoms with E-state index in [1.165, 1.54) is 8.70 Å². The van der Waals surface area contributed by atoms with E-state index in [0.717, 1.165) is 19.1 Å². The van der Waals surface area contributed by atoms with E-state index in [1.807, 2.05) is 36.4 Å². The summed E-state index contributed by atoms with van der Waals surface area (Å²) < 4.78 is 19.4. The number of hydrogen-bond donors (Lipinski definition) is 0. The van der Waals surface area contributed by atoms with Crippen LogP contribution in [0, 0.1) is 0 Å². The topological polar surface area (TPSA) is 17.1 Å². The fourth-order valence-electron chi connectivity index (χ4n) is 3.61. The molecule has 0 bridgehead atoms. The molecule has 0 aliphatic carbocycles. The zero-order chi connectivity index (χ0) is 19.9. The van der Waals surface area contributed by atoms with E-state index in [-0.39, 0.29) is 0 Å². The fraction of sp³-hybridized carbons (Fsp3) is 0.0769. The number of hydrogen-bond acceptors (Lipinski definition) is 1. The van der Waals surface area contributed by atoms with Gasteiger partial charge >= 0.3 is 181 Å². The summed E-state index contributed by atoms with van der Waals surface area (Å²) in [5.41, 5.74) is 0. The van der Waals surface area contributed by atoms with E-state index in [0.29, 0.717) is 0 Å². The van der Waals surface area contributed by atoms with Crippen molar-refractivity contribution >= 4 is 45.5 Å². The first-order valence-corrected chi connectivity index (χ1v) is 17.0. The van der Waals surface area contributed by atoms with Crippen LogP contribution in [0.3, 0.4) is 0 Å². The monoisotopic (exact) mass is 502 g/mol. The fourth-order valence-corrected chi connectivity index (χ4v) is 18.3. The molecular formula is C26H24As2O. The summed E-state index contributed by atoms with van der Waals surface area (Å²) in [7, 11) is 0. The van der Waals surface area contributed by atoms with Crippen molar-refractivity contribution in [2.45, 2.75) is 10.4 Å². The first kappa shape index (κ1) is 20.1. The molecule has 1 nitrogen and oxygen atoms in total. The van der Waals surface area contributed by atoms with Crippen LogP contribution in [0.2, 0.25) is 10.4 Å². The van der Waals surface area contributed by atoms with Gasteiger partial charge in [0.1, 0.15) is 0 Å². The summed E-state index contributed by atoms with van der Waals surface area (Å²) >= 11 is -5.01. The van der Waals surface area contributed by atoms with Gasteiger partial charge in [0.2, 0.25) is 0 Å². The van der Waals surface area contributed by atoms with E-state index >= 15 is 0 Å². The van der Waals surface area contributed by atoms with Crippen molar-refractivity contribution in [3.05, 3.63) is 121 Å². The van der Waals surface area contributed by atoms with Crippen LogP contribution in [-0.2, 0) is 3.74 Å². The number of benzene rings is 4. The molecule has 0 N–H and O–H groups in total. The van der Waals surface area contributed by atoms with Crippen LogP contribution < -0.4 is 17.4 Å². The zero-order valence-electron chi connectivity index (χ0n) is 16.3. The Balaban J connectivity index is 1.71. The van der Waals surface area contributed by atoms with Crippen molar-refractivity contribution in [3.8, 4) is 0 Å². The predicted molar refractivity (Wildman–Crippen MR) is 126 cm³/mol. The van der Waals surface area contributed by atoms with Crippen molar-refractivity contribution in [2.24, 2.45) is 0 Å². The van der Waals surface area contributed by atoms with Gasteiger partial charge in [-0.05, 0) is 0 Å². The average molecular weight is 502 g/mol. The van der Waals surface area contributed by atoms with Gasteiger partial charge in [0.25, 0.3) is 0 Å². The second-order valence-electron chi connectivity index (χ2n) is 6.96. The second-order valence-corrected chi connectivity index (χ2v) is 18.1. The van der Waals surface area contributed by atoms with Crippen LogP contribution in [0.5, 0.6) is 0 Å². The van der Waals surface area contributed by atoms with Crippen LogP contribution >= 0.6 is 0 Å². The molecule has 4 aromatic carbocycles. The SMILES string of the molecule is O=[As](CC[As](c1ccccc1)c1ccccc1)(c1ccccc1)c1ccccc1. The third kappa shape index (κ3) is 4.69. The summed E-state index contributed by atoms with van der Waals surface area (Å²) in [5.74, 6) is 0. The summed E-state index contributed by atoms with van der Waals surface area (Å²) in [5, 5.41) is 1.76. The van der Waals surface area contributed by atoms with Crippen LogP contribution in [-0.4, -0.2) is 28.1 Å². The quantitative estimate of drug-likeness (QED) is 0.354. The van der Waals surface area contributed by atoms with Gasteiger partial charge < -0.3 is 0 Å². The van der Waals surface area contributed by atoms with E-state index in [4.69, 9.17) is 0 Å². The number of rotatable bonds is 7. The molecule has 0 aliphatic heterocycles. The molecule has 29 heavy (non-hydrogen) atoms. The first-order valence-electron chi connectivity index (χ1n) is 9.85. The molecule has 0 fully saturated rings. The van der Waals surface area contributed by atoms with Gasteiger partial charge in [-0.2, -0.15) is 0 Å². The van der Waals surface area contributed by atoms with Crippen LogP contribution in [0.15, 0.2) is 121 Å². The molecule has 0 radical (unpaired) electrons. The molecule has 0 unspecified atom stereocenters. The van der Waals surface area contributed by atoms with Crippen molar-refractivity contribution in [3.63, 3.8) is 0 Å². The van der Waals surface area contributed by atoms with Crippen molar-refractivity contribution in [1.82, 2.24) is 0 Å². The summed E-state index contributed by atoms with van der Waals surface area (Å²) in [6.07, 6.45) is 0. The third-order valence-electron chi connectivity index (χ3n) is 5.12. The second kappa shape index (κ2) is 9.53. The van der Waals surface area contributed by atoms with Crippen molar-refractivity contribution in [1.29, 1.82) is 0 Å². The van der Waals surface area contributed by atoms with Gasteiger partial charge in [-0.3, -0.25) is 0 Å². The molecule has 4 rings (SSSR count). The maximum atomic E-state index is 14.5.